The fourth-order valence-corrected chi connectivity index (χ4v) is 2.94. The van der Waals surface area contributed by atoms with Crippen LogP contribution in [0.4, 0.5) is 0 Å². The molecule has 1 aliphatic carbocycles. The minimum absolute atomic E-state index is 0.131. The lowest BCUT2D eigenvalue weighted by atomic mass is 9.70. The van der Waals surface area contributed by atoms with Gasteiger partial charge in [0.15, 0.2) is 0 Å². The zero-order chi connectivity index (χ0) is 9.35. The first-order valence-electron chi connectivity index (χ1n) is 4.75. The summed E-state index contributed by atoms with van der Waals surface area (Å²) in [6, 6.07) is 0. The Morgan fingerprint density at radius 3 is 2.17 bits per heavy atom. The van der Waals surface area contributed by atoms with Crippen LogP contribution in [0.15, 0.2) is 0 Å². The molecule has 3 atom stereocenters. The maximum atomic E-state index is 9.79. The number of alkyl halides is 1. The van der Waals surface area contributed by atoms with Crippen molar-refractivity contribution in [1.29, 1.82) is 0 Å². The van der Waals surface area contributed by atoms with Crippen LogP contribution in [0.2, 0.25) is 0 Å². The molecule has 0 aromatic carbocycles. The van der Waals surface area contributed by atoms with E-state index in [1.807, 2.05) is 0 Å². The molecular weight excluding hydrogens is 172 g/mol. The second-order valence-electron chi connectivity index (χ2n) is 4.91. The highest BCUT2D eigenvalue weighted by atomic mass is 35.5. The Kier molecular flexibility index (Phi) is 3.06. The van der Waals surface area contributed by atoms with Gasteiger partial charge in [-0.2, -0.15) is 0 Å². The largest absolute Gasteiger partial charge is 0.393 e. The molecule has 72 valence electrons. The summed E-state index contributed by atoms with van der Waals surface area (Å²) in [5.41, 5.74) is 0.131. The Hall–Kier alpha value is 0.250. The second kappa shape index (κ2) is 3.55. The molecule has 1 aliphatic rings. The number of aliphatic hydroxyl groups is 1. The Bertz CT molecular complexity index is 140. The van der Waals surface area contributed by atoms with E-state index in [1.54, 1.807) is 0 Å². The van der Waals surface area contributed by atoms with Crippen LogP contribution in [0.3, 0.4) is 0 Å². The zero-order valence-electron chi connectivity index (χ0n) is 8.18. The van der Waals surface area contributed by atoms with E-state index in [0.717, 1.165) is 19.3 Å². The Morgan fingerprint density at radius 1 is 1.25 bits per heavy atom. The van der Waals surface area contributed by atoms with Gasteiger partial charge < -0.3 is 5.11 Å². The van der Waals surface area contributed by atoms with Crippen molar-refractivity contribution in [2.45, 2.75) is 51.5 Å². The van der Waals surface area contributed by atoms with Gasteiger partial charge in [-0.25, -0.2) is 0 Å². The van der Waals surface area contributed by atoms with Crippen LogP contribution in [-0.4, -0.2) is 16.6 Å². The summed E-state index contributed by atoms with van der Waals surface area (Å²) in [7, 11) is 0. The van der Waals surface area contributed by atoms with Crippen LogP contribution < -0.4 is 0 Å². The third kappa shape index (κ3) is 2.14. The van der Waals surface area contributed by atoms with Gasteiger partial charge in [0.05, 0.1) is 6.10 Å². The van der Waals surface area contributed by atoms with Gasteiger partial charge in [-0.1, -0.05) is 20.8 Å². The van der Waals surface area contributed by atoms with E-state index >= 15 is 0 Å². The van der Waals surface area contributed by atoms with E-state index in [-0.39, 0.29) is 22.8 Å². The molecule has 0 aromatic heterocycles. The van der Waals surface area contributed by atoms with Gasteiger partial charge >= 0.3 is 0 Å². The molecule has 1 saturated carbocycles. The molecular formula is C10H19ClO. The molecule has 0 aliphatic heterocycles. The minimum atomic E-state index is -0.193. The summed E-state index contributed by atoms with van der Waals surface area (Å²) >= 11 is 6.20. The highest BCUT2D eigenvalue weighted by molar-refractivity contribution is 6.20. The van der Waals surface area contributed by atoms with E-state index in [2.05, 4.69) is 20.8 Å². The van der Waals surface area contributed by atoms with Crippen molar-refractivity contribution in [3.63, 3.8) is 0 Å². The van der Waals surface area contributed by atoms with Crippen LogP contribution in [0.25, 0.3) is 0 Å². The molecule has 12 heavy (non-hydrogen) atoms. The molecule has 0 aromatic rings. The number of rotatable bonds is 0. The van der Waals surface area contributed by atoms with Crippen LogP contribution in [0.5, 0.6) is 0 Å². The monoisotopic (exact) mass is 190 g/mol. The molecule has 0 saturated heterocycles. The third-order valence-electron chi connectivity index (χ3n) is 2.78. The van der Waals surface area contributed by atoms with Gasteiger partial charge in [-0.05, 0) is 24.7 Å². The number of halogens is 1. The summed E-state index contributed by atoms with van der Waals surface area (Å²) in [4.78, 5) is 0. The van der Waals surface area contributed by atoms with Crippen LogP contribution in [-0.2, 0) is 0 Å². The maximum absolute atomic E-state index is 9.79. The first kappa shape index (κ1) is 10.3. The summed E-state index contributed by atoms with van der Waals surface area (Å²) in [6.07, 6.45) is 2.86. The molecule has 1 nitrogen and oxygen atoms in total. The van der Waals surface area contributed by atoms with Crippen molar-refractivity contribution in [2.75, 3.05) is 0 Å². The number of hydrogen-bond acceptors (Lipinski definition) is 1. The van der Waals surface area contributed by atoms with Gasteiger partial charge in [0.1, 0.15) is 0 Å². The molecule has 1 N–H and O–H groups in total. The molecule has 0 heterocycles. The fourth-order valence-electron chi connectivity index (χ4n) is 2.24. The fraction of sp³-hybridized carbons (Fsp3) is 1.00. The predicted octanol–water partition coefficient (Wildman–Crippen LogP) is 2.80. The standard InChI is InChI=1S/C10H19ClO/c1-10(2,3)9-7(11)5-4-6-8(9)12/h7-9,12H,4-6H2,1-3H3. The highest BCUT2D eigenvalue weighted by Gasteiger charge is 2.38. The van der Waals surface area contributed by atoms with Gasteiger partial charge in [-0.15, -0.1) is 11.6 Å². The number of hydrogen-bond donors (Lipinski definition) is 1. The van der Waals surface area contributed by atoms with Crippen molar-refractivity contribution >= 4 is 11.6 Å². The van der Waals surface area contributed by atoms with Crippen LogP contribution in [0.1, 0.15) is 40.0 Å². The molecule has 2 heteroatoms. The normalized spacial score (nSPS) is 38.2. The van der Waals surface area contributed by atoms with Gasteiger partial charge in [-0.3, -0.25) is 0 Å². The lowest BCUT2D eigenvalue weighted by molar-refractivity contribution is 0.0135. The molecule has 0 spiro atoms. The molecule has 3 unspecified atom stereocenters. The topological polar surface area (TPSA) is 20.2 Å². The predicted molar refractivity (Wildman–Crippen MR) is 52.4 cm³/mol. The summed E-state index contributed by atoms with van der Waals surface area (Å²) in [6.45, 7) is 6.46. The van der Waals surface area contributed by atoms with Crippen molar-refractivity contribution in [3.05, 3.63) is 0 Å². The zero-order valence-corrected chi connectivity index (χ0v) is 8.93. The van der Waals surface area contributed by atoms with E-state index in [9.17, 15) is 5.11 Å². The summed E-state index contributed by atoms with van der Waals surface area (Å²) < 4.78 is 0. The summed E-state index contributed by atoms with van der Waals surface area (Å²) in [5, 5.41) is 9.95. The first-order chi connectivity index (χ1) is 5.43. The molecule has 1 fully saturated rings. The third-order valence-corrected chi connectivity index (χ3v) is 3.27. The lowest BCUT2D eigenvalue weighted by Gasteiger charge is -2.40. The van der Waals surface area contributed by atoms with Gasteiger partial charge in [0, 0.05) is 11.3 Å². The average Bonchev–Trinajstić information content (AvgIpc) is 1.82. The lowest BCUT2D eigenvalue weighted by Crippen LogP contribution is -2.41. The minimum Gasteiger partial charge on any atom is -0.393 e. The van der Waals surface area contributed by atoms with E-state index in [4.69, 9.17) is 11.6 Å². The molecule has 0 radical (unpaired) electrons. The molecule has 0 bridgehead atoms. The smallest absolute Gasteiger partial charge is 0.0587 e. The SMILES string of the molecule is CC(C)(C)C1C(O)CCCC1Cl. The van der Waals surface area contributed by atoms with Crippen LogP contribution in [0, 0.1) is 11.3 Å². The van der Waals surface area contributed by atoms with Crippen molar-refractivity contribution in [3.8, 4) is 0 Å². The summed E-state index contributed by atoms with van der Waals surface area (Å²) in [5.74, 6) is 0.257. The van der Waals surface area contributed by atoms with Crippen LogP contribution >= 0.6 is 11.6 Å². The maximum Gasteiger partial charge on any atom is 0.0587 e. The molecule has 1 rings (SSSR count). The van der Waals surface area contributed by atoms with Gasteiger partial charge in [0.2, 0.25) is 0 Å². The number of aliphatic hydroxyl groups excluding tert-OH is 1. The Labute approximate surface area is 80.1 Å². The van der Waals surface area contributed by atoms with E-state index in [0.29, 0.717) is 0 Å². The van der Waals surface area contributed by atoms with E-state index in [1.165, 1.54) is 0 Å². The first-order valence-corrected chi connectivity index (χ1v) is 5.18. The average molecular weight is 191 g/mol. The quantitative estimate of drug-likeness (QED) is 0.583. The Morgan fingerprint density at radius 2 is 1.83 bits per heavy atom. The molecule has 0 amide bonds. The second-order valence-corrected chi connectivity index (χ2v) is 5.47. The van der Waals surface area contributed by atoms with Crippen molar-refractivity contribution < 1.29 is 5.11 Å². The van der Waals surface area contributed by atoms with Gasteiger partial charge in [0.25, 0.3) is 0 Å². The Balaban J connectivity index is 2.69. The highest BCUT2D eigenvalue weighted by Crippen LogP contribution is 2.40. The van der Waals surface area contributed by atoms with Crippen molar-refractivity contribution in [1.82, 2.24) is 0 Å². The van der Waals surface area contributed by atoms with E-state index < -0.39 is 0 Å². The van der Waals surface area contributed by atoms with Crippen molar-refractivity contribution in [2.24, 2.45) is 11.3 Å².